The van der Waals surface area contributed by atoms with Crippen molar-refractivity contribution in [2.75, 3.05) is 20.2 Å². The number of hydrogen-bond acceptors (Lipinski definition) is 7. The Bertz CT molecular complexity index is 1060. The van der Waals surface area contributed by atoms with Crippen LogP contribution in [0, 0.1) is 0 Å². The van der Waals surface area contributed by atoms with E-state index in [4.69, 9.17) is 13.7 Å². The maximum absolute atomic E-state index is 15.7. The molecule has 2 aromatic heterocycles. The largest absolute Gasteiger partial charge is 0.497 e. The number of carbonyl (C=O) groups excluding carboxylic acids is 1. The van der Waals surface area contributed by atoms with Gasteiger partial charge in [0.1, 0.15) is 5.75 Å². The highest BCUT2D eigenvalue weighted by Crippen LogP contribution is 2.41. The molecule has 5 rings (SSSR count). The number of oxazole rings is 1. The van der Waals surface area contributed by atoms with Crippen molar-refractivity contribution >= 4 is 5.91 Å². The molecular weight excluding hydrogens is 391 g/mol. The van der Waals surface area contributed by atoms with Crippen LogP contribution in [0.1, 0.15) is 53.8 Å². The van der Waals surface area contributed by atoms with Gasteiger partial charge in [0, 0.05) is 18.0 Å². The summed E-state index contributed by atoms with van der Waals surface area (Å²) in [6.45, 7) is 0.260. The Balaban J connectivity index is 1.37. The van der Waals surface area contributed by atoms with Gasteiger partial charge in [0.2, 0.25) is 5.67 Å². The molecule has 9 heteroatoms. The van der Waals surface area contributed by atoms with Crippen molar-refractivity contribution in [2.45, 2.75) is 37.3 Å². The van der Waals surface area contributed by atoms with Gasteiger partial charge in [-0.15, -0.1) is 0 Å². The summed E-state index contributed by atoms with van der Waals surface area (Å²) >= 11 is 0. The summed E-state index contributed by atoms with van der Waals surface area (Å²) in [5, 5.41) is 3.92. The minimum Gasteiger partial charge on any atom is -0.497 e. The average molecular weight is 412 g/mol. The molecular formula is C21H21FN4O4. The lowest BCUT2D eigenvalue weighted by Gasteiger charge is -2.34. The molecule has 0 bridgehead atoms. The summed E-state index contributed by atoms with van der Waals surface area (Å²) in [6.07, 6.45) is 3.94. The molecule has 2 fully saturated rings. The molecule has 30 heavy (non-hydrogen) atoms. The predicted octanol–water partition coefficient (Wildman–Crippen LogP) is 3.71. The van der Waals surface area contributed by atoms with E-state index >= 15 is 4.39 Å². The van der Waals surface area contributed by atoms with Crippen molar-refractivity contribution in [3.8, 4) is 17.1 Å². The van der Waals surface area contributed by atoms with E-state index in [2.05, 4.69) is 15.1 Å². The lowest BCUT2D eigenvalue weighted by Crippen LogP contribution is -2.46. The second-order valence-electron chi connectivity index (χ2n) is 7.79. The van der Waals surface area contributed by atoms with Crippen LogP contribution in [0.5, 0.6) is 5.75 Å². The number of alkyl halides is 1. The smallest absolute Gasteiger partial charge is 0.276 e. The van der Waals surface area contributed by atoms with E-state index in [-0.39, 0.29) is 30.5 Å². The number of nitrogens with zero attached hydrogens (tertiary/aromatic N) is 4. The summed E-state index contributed by atoms with van der Waals surface area (Å²) in [4.78, 5) is 23.0. The fraction of sp³-hybridized carbons (Fsp3) is 0.429. The van der Waals surface area contributed by atoms with E-state index < -0.39 is 11.6 Å². The highest BCUT2D eigenvalue weighted by molar-refractivity contribution is 5.97. The molecule has 156 valence electrons. The van der Waals surface area contributed by atoms with Gasteiger partial charge in [0.25, 0.3) is 11.8 Å². The highest BCUT2D eigenvalue weighted by Gasteiger charge is 2.45. The Hall–Kier alpha value is -3.23. The minimum atomic E-state index is -1.86. The monoisotopic (exact) mass is 412 g/mol. The van der Waals surface area contributed by atoms with Crippen LogP contribution in [0.15, 0.2) is 39.6 Å². The predicted molar refractivity (Wildman–Crippen MR) is 103 cm³/mol. The Morgan fingerprint density at radius 2 is 2.10 bits per heavy atom. The normalized spacial score (nSPS) is 21.6. The fourth-order valence-electron chi connectivity index (χ4n) is 3.78. The van der Waals surface area contributed by atoms with E-state index in [1.54, 1.807) is 31.4 Å². The van der Waals surface area contributed by atoms with Crippen LogP contribution in [-0.4, -0.2) is 46.1 Å². The van der Waals surface area contributed by atoms with Crippen LogP contribution in [-0.2, 0) is 5.67 Å². The summed E-state index contributed by atoms with van der Waals surface area (Å²) in [5.41, 5.74) is -1.03. The van der Waals surface area contributed by atoms with Crippen LogP contribution < -0.4 is 4.74 Å². The third-order valence-corrected chi connectivity index (χ3v) is 5.62. The Labute approximate surface area is 172 Å². The first kappa shape index (κ1) is 18.8. The molecule has 3 aromatic rings. The number of amides is 1. The van der Waals surface area contributed by atoms with Gasteiger partial charge in [-0.2, -0.15) is 4.98 Å². The van der Waals surface area contributed by atoms with Gasteiger partial charge in [0.05, 0.1) is 13.7 Å². The second kappa shape index (κ2) is 7.23. The zero-order chi connectivity index (χ0) is 20.7. The zero-order valence-corrected chi connectivity index (χ0v) is 16.5. The van der Waals surface area contributed by atoms with Gasteiger partial charge in [-0.3, -0.25) is 4.79 Å². The van der Waals surface area contributed by atoms with Crippen LogP contribution >= 0.6 is 0 Å². The standard InChI is InChI=1S/C21H21FN4O4/c1-28-15-7-5-13(6-8-15)17-16(23-12-29-17)19(27)26-10-2-9-21(22,11-26)20-24-18(25-30-20)14-3-4-14/h5-8,12,14H,2-4,9-11H2,1H3. The molecule has 0 N–H and O–H groups in total. The lowest BCUT2D eigenvalue weighted by atomic mass is 9.94. The van der Waals surface area contributed by atoms with E-state index in [9.17, 15) is 4.79 Å². The lowest BCUT2D eigenvalue weighted by molar-refractivity contribution is 0.0150. The van der Waals surface area contributed by atoms with Gasteiger partial charge >= 0.3 is 0 Å². The maximum Gasteiger partial charge on any atom is 0.276 e. The van der Waals surface area contributed by atoms with Gasteiger partial charge in [-0.05, 0) is 49.9 Å². The zero-order valence-electron chi connectivity index (χ0n) is 16.5. The van der Waals surface area contributed by atoms with Crippen molar-refractivity contribution in [2.24, 2.45) is 0 Å². The number of piperidine rings is 1. The molecule has 1 aromatic carbocycles. The molecule has 3 heterocycles. The summed E-state index contributed by atoms with van der Waals surface area (Å²) in [7, 11) is 1.58. The molecule has 1 unspecified atom stereocenters. The number of halogens is 1. The van der Waals surface area contributed by atoms with Gasteiger partial charge in [-0.1, -0.05) is 5.16 Å². The third-order valence-electron chi connectivity index (χ3n) is 5.62. The number of benzene rings is 1. The van der Waals surface area contributed by atoms with Crippen molar-refractivity contribution in [3.63, 3.8) is 0 Å². The molecule has 1 amide bonds. The molecule has 1 aliphatic carbocycles. The number of aromatic nitrogens is 3. The average Bonchev–Trinajstić information content (AvgIpc) is 3.28. The van der Waals surface area contributed by atoms with Gasteiger partial charge in [-0.25, -0.2) is 9.37 Å². The first-order valence-electron chi connectivity index (χ1n) is 9.97. The molecule has 1 saturated heterocycles. The number of hydrogen-bond donors (Lipinski definition) is 0. The number of ether oxygens (including phenoxy) is 1. The van der Waals surface area contributed by atoms with E-state index in [0.29, 0.717) is 35.9 Å². The van der Waals surface area contributed by atoms with Gasteiger partial charge in [0.15, 0.2) is 23.7 Å². The van der Waals surface area contributed by atoms with Crippen molar-refractivity contribution in [1.29, 1.82) is 0 Å². The van der Waals surface area contributed by atoms with E-state index in [1.165, 1.54) is 11.3 Å². The molecule has 1 saturated carbocycles. The molecule has 2 aliphatic rings. The van der Waals surface area contributed by atoms with Crippen molar-refractivity contribution in [3.05, 3.63) is 48.1 Å². The van der Waals surface area contributed by atoms with Crippen molar-refractivity contribution in [1.82, 2.24) is 20.0 Å². The quantitative estimate of drug-likeness (QED) is 0.630. The molecule has 1 atom stereocenters. The number of likely N-dealkylation sites (tertiary alicyclic amines) is 1. The van der Waals surface area contributed by atoms with Crippen LogP contribution in [0.4, 0.5) is 4.39 Å². The van der Waals surface area contributed by atoms with E-state index in [1.807, 2.05) is 0 Å². The summed E-state index contributed by atoms with van der Waals surface area (Å²) in [5.74, 6) is 1.43. The molecule has 0 radical (unpaired) electrons. The van der Waals surface area contributed by atoms with Crippen molar-refractivity contribution < 1.29 is 22.9 Å². The SMILES string of the molecule is COc1ccc(-c2ocnc2C(=O)N2CCCC(F)(c3nc(C4CC4)no3)C2)cc1. The molecule has 0 spiro atoms. The highest BCUT2D eigenvalue weighted by atomic mass is 19.1. The Morgan fingerprint density at radius 1 is 1.30 bits per heavy atom. The van der Waals surface area contributed by atoms with Gasteiger partial charge < -0.3 is 18.6 Å². The van der Waals surface area contributed by atoms with Crippen LogP contribution in [0.2, 0.25) is 0 Å². The molecule has 1 aliphatic heterocycles. The summed E-state index contributed by atoms with van der Waals surface area (Å²) < 4.78 is 31.6. The number of methoxy groups -OCH3 is 1. The minimum absolute atomic E-state index is 0.0440. The topological polar surface area (TPSA) is 94.5 Å². The Kier molecular flexibility index (Phi) is 4.52. The Morgan fingerprint density at radius 3 is 2.83 bits per heavy atom. The van der Waals surface area contributed by atoms with E-state index in [0.717, 1.165) is 12.8 Å². The number of carbonyl (C=O) groups is 1. The molecule has 8 nitrogen and oxygen atoms in total. The summed E-state index contributed by atoms with van der Waals surface area (Å²) in [6, 6.07) is 7.10. The number of rotatable bonds is 5. The second-order valence-corrected chi connectivity index (χ2v) is 7.79. The first-order valence-corrected chi connectivity index (χ1v) is 9.97. The maximum atomic E-state index is 15.7. The van der Waals surface area contributed by atoms with Crippen LogP contribution in [0.25, 0.3) is 11.3 Å². The van der Waals surface area contributed by atoms with Crippen LogP contribution in [0.3, 0.4) is 0 Å². The first-order chi connectivity index (χ1) is 14.6. The fourth-order valence-corrected chi connectivity index (χ4v) is 3.78. The third kappa shape index (κ3) is 3.34.